The van der Waals surface area contributed by atoms with E-state index in [-0.39, 0.29) is 17.0 Å². The number of rotatable bonds is 5. The average Bonchev–Trinajstić information content (AvgIpc) is 3.32. The lowest BCUT2D eigenvalue weighted by Crippen LogP contribution is -2.33. The van der Waals surface area contributed by atoms with Crippen LogP contribution in [0.25, 0.3) is 33.2 Å². The van der Waals surface area contributed by atoms with Gasteiger partial charge in [0.1, 0.15) is 0 Å². The van der Waals surface area contributed by atoms with Crippen molar-refractivity contribution < 1.29 is 23.8 Å². The summed E-state index contributed by atoms with van der Waals surface area (Å²) in [6, 6.07) is 10.8. The van der Waals surface area contributed by atoms with E-state index in [1.807, 2.05) is 55.1 Å². The second-order valence-electron chi connectivity index (χ2n) is 11.1. The summed E-state index contributed by atoms with van der Waals surface area (Å²) in [6.07, 6.45) is 1.85. The number of carboxylic acid groups (broad SMARTS) is 1. The highest BCUT2D eigenvalue weighted by atomic mass is 19.1. The van der Waals surface area contributed by atoms with Crippen molar-refractivity contribution in [3.05, 3.63) is 75.6 Å². The van der Waals surface area contributed by atoms with Crippen LogP contribution in [0.1, 0.15) is 50.1 Å². The largest absolute Gasteiger partial charge is 0.490 e. The number of fused-ring (bicyclic) bond motifs is 2. The van der Waals surface area contributed by atoms with Gasteiger partial charge < -0.3 is 23.7 Å². The molecule has 0 fully saturated rings. The number of nitrogens with zero attached hydrogens (tertiary/aromatic N) is 2. The molecular formula is C31H33FN2O5. The third-order valence-electron chi connectivity index (χ3n) is 7.33. The van der Waals surface area contributed by atoms with E-state index in [4.69, 9.17) is 9.47 Å². The molecule has 0 amide bonds. The molecule has 3 heterocycles. The highest BCUT2D eigenvalue weighted by Gasteiger charge is 2.34. The lowest BCUT2D eigenvalue weighted by atomic mass is 9.87. The standard InChI is InChI=1S/C31H33FN2O5/c1-17-19-9-8-14-38-27(19)23(32)16-21(17)25-20-12-11-18(24-10-7-13-33(24)5)15-22(20)29(35)34(6)26(25)28(30(36)37)39-31(2,3)4/h7,10-13,15-16,28H,8-9,14H2,1-6H3,(H,36,37). The summed E-state index contributed by atoms with van der Waals surface area (Å²) in [4.78, 5) is 26.5. The van der Waals surface area contributed by atoms with Gasteiger partial charge in [0.15, 0.2) is 17.7 Å². The molecule has 0 aliphatic carbocycles. The molecule has 1 unspecified atom stereocenters. The van der Waals surface area contributed by atoms with Crippen molar-refractivity contribution in [2.45, 2.75) is 52.2 Å². The Bertz CT molecular complexity index is 1680. The van der Waals surface area contributed by atoms with Crippen LogP contribution in [0.5, 0.6) is 5.75 Å². The van der Waals surface area contributed by atoms with Gasteiger partial charge >= 0.3 is 5.97 Å². The number of halogens is 1. The molecule has 1 atom stereocenters. The zero-order valence-corrected chi connectivity index (χ0v) is 23.1. The van der Waals surface area contributed by atoms with Crippen LogP contribution >= 0.6 is 0 Å². The Labute approximate surface area is 226 Å². The Balaban J connectivity index is 1.91. The fourth-order valence-corrected chi connectivity index (χ4v) is 5.54. The lowest BCUT2D eigenvalue weighted by molar-refractivity contribution is -0.161. The average molecular weight is 533 g/mol. The number of hydrogen-bond donors (Lipinski definition) is 1. The fraction of sp³-hybridized carbons (Fsp3) is 0.355. The van der Waals surface area contributed by atoms with E-state index in [9.17, 15) is 14.7 Å². The Hall–Kier alpha value is -3.91. The Morgan fingerprint density at radius 3 is 2.54 bits per heavy atom. The second-order valence-corrected chi connectivity index (χ2v) is 11.1. The van der Waals surface area contributed by atoms with E-state index < -0.39 is 23.5 Å². The van der Waals surface area contributed by atoms with E-state index in [2.05, 4.69) is 0 Å². The fourth-order valence-electron chi connectivity index (χ4n) is 5.54. The first-order chi connectivity index (χ1) is 18.4. The quantitative estimate of drug-likeness (QED) is 0.345. The summed E-state index contributed by atoms with van der Waals surface area (Å²) >= 11 is 0. The van der Waals surface area contributed by atoms with Crippen molar-refractivity contribution in [3.8, 4) is 28.1 Å². The Morgan fingerprint density at radius 2 is 1.90 bits per heavy atom. The summed E-state index contributed by atoms with van der Waals surface area (Å²) in [5, 5.41) is 11.3. The number of aliphatic carboxylic acids is 1. The molecule has 0 saturated carbocycles. The predicted molar refractivity (Wildman–Crippen MR) is 149 cm³/mol. The van der Waals surface area contributed by atoms with E-state index in [1.54, 1.807) is 27.8 Å². The van der Waals surface area contributed by atoms with Crippen molar-refractivity contribution in [2.24, 2.45) is 14.1 Å². The van der Waals surface area contributed by atoms with E-state index in [0.29, 0.717) is 34.9 Å². The number of carbonyl (C=O) groups is 1. The number of aromatic nitrogens is 2. The van der Waals surface area contributed by atoms with Gasteiger partial charge in [-0.2, -0.15) is 0 Å². The van der Waals surface area contributed by atoms with Crippen LogP contribution in [0, 0.1) is 12.7 Å². The third-order valence-corrected chi connectivity index (χ3v) is 7.33. The van der Waals surface area contributed by atoms with E-state index >= 15 is 4.39 Å². The van der Waals surface area contributed by atoms with Crippen LogP contribution in [-0.4, -0.2) is 32.4 Å². The van der Waals surface area contributed by atoms with Crippen LogP contribution < -0.4 is 10.3 Å². The van der Waals surface area contributed by atoms with Crippen molar-refractivity contribution in [2.75, 3.05) is 6.61 Å². The van der Waals surface area contributed by atoms with Crippen molar-refractivity contribution in [3.63, 3.8) is 0 Å². The molecule has 0 saturated heterocycles. The first kappa shape index (κ1) is 26.7. The number of pyridine rings is 1. The molecule has 39 heavy (non-hydrogen) atoms. The minimum Gasteiger partial charge on any atom is -0.490 e. The molecule has 0 spiro atoms. The van der Waals surface area contributed by atoms with Gasteiger partial charge in [0, 0.05) is 42.5 Å². The minimum absolute atomic E-state index is 0.167. The normalized spacial score (nSPS) is 14.2. The number of ether oxygens (including phenoxy) is 2. The molecule has 4 aromatic rings. The second kappa shape index (κ2) is 9.68. The van der Waals surface area contributed by atoms with Gasteiger partial charge in [0.2, 0.25) is 0 Å². The summed E-state index contributed by atoms with van der Waals surface area (Å²) in [7, 11) is 3.47. The van der Waals surface area contributed by atoms with Gasteiger partial charge in [-0.3, -0.25) is 4.79 Å². The molecule has 1 N–H and O–H groups in total. The highest BCUT2D eigenvalue weighted by molar-refractivity contribution is 6.01. The molecular weight excluding hydrogens is 499 g/mol. The molecule has 1 aliphatic heterocycles. The van der Waals surface area contributed by atoms with Gasteiger partial charge in [-0.15, -0.1) is 0 Å². The van der Waals surface area contributed by atoms with Crippen LogP contribution in [0.4, 0.5) is 4.39 Å². The Morgan fingerprint density at radius 1 is 1.15 bits per heavy atom. The molecule has 204 valence electrons. The van der Waals surface area contributed by atoms with Crippen LogP contribution in [0.3, 0.4) is 0 Å². The SMILES string of the molecule is Cc1c(-c2c(C(OC(C)(C)C)C(=O)O)n(C)c(=O)c3cc(-c4cccn4C)ccc23)cc(F)c2c1CCCO2. The van der Waals surface area contributed by atoms with Gasteiger partial charge in [0.05, 0.1) is 17.9 Å². The number of carboxylic acids is 1. The maximum atomic E-state index is 15.5. The number of aryl methyl sites for hydroxylation is 1. The monoisotopic (exact) mass is 532 g/mol. The molecule has 1 aliphatic rings. The predicted octanol–water partition coefficient (Wildman–Crippen LogP) is 5.92. The topological polar surface area (TPSA) is 82.7 Å². The molecule has 0 bridgehead atoms. The lowest BCUT2D eigenvalue weighted by Gasteiger charge is -2.29. The van der Waals surface area contributed by atoms with Gasteiger partial charge in [-0.05, 0) is 86.9 Å². The van der Waals surface area contributed by atoms with Crippen molar-refractivity contribution in [1.29, 1.82) is 0 Å². The molecule has 8 heteroatoms. The van der Waals surface area contributed by atoms with E-state index in [0.717, 1.165) is 28.8 Å². The number of benzene rings is 2. The Kier molecular flexibility index (Phi) is 6.63. The van der Waals surface area contributed by atoms with E-state index in [1.165, 1.54) is 10.6 Å². The molecule has 7 nitrogen and oxygen atoms in total. The minimum atomic E-state index is -1.47. The first-order valence-electron chi connectivity index (χ1n) is 13.0. The van der Waals surface area contributed by atoms with Crippen molar-refractivity contribution in [1.82, 2.24) is 9.13 Å². The van der Waals surface area contributed by atoms with Gasteiger partial charge in [-0.25, -0.2) is 9.18 Å². The van der Waals surface area contributed by atoms with Crippen molar-refractivity contribution >= 4 is 16.7 Å². The first-order valence-corrected chi connectivity index (χ1v) is 13.0. The third kappa shape index (κ3) is 4.63. The summed E-state index contributed by atoms with van der Waals surface area (Å²) in [5.74, 6) is -1.51. The molecule has 5 rings (SSSR count). The highest BCUT2D eigenvalue weighted by Crippen LogP contribution is 2.43. The molecule has 0 radical (unpaired) electrons. The molecule has 2 aromatic heterocycles. The van der Waals surface area contributed by atoms with Crippen LogP contribution in [0.2, 0.25) is 0 Å². The molecule has 2 aromatic carbocycles. The summed E-state index contributed by atoms with van der Waals surface area (Å²) in [6.45, 7) is 7.61. The maximum Gasteiger partial charge on any atom is 0.339 e. The van der Waals surface area contributed by atoms with Gasteiger partial charge in [0.25, 0.3) is 5.56 Å². The van der Waals surface area contributed by atoms with Crippen LogP contribution in [-0.2, 0) is 30.0 Å². The summed E-state index contributed by atoms with van der Waals surface area (Å²) in [5.41, 5.74) is 3.28. The maximum absolute atomic E-state index is 15.5. The number of hydrogen-bond acceptors (Lipinski definition) is 4. The zero-order chi connectivity index (χ0) is 28.2. The van der Waals surface area contributed by atoms with Gasteiger partial charge in [-0.1, -0.05) is 12.1 Å². The smallest absolute Gasteiger partial charge is 0.339 e. The summed E-state index contributed by atoms with van der Waals surface area (Å²) < 4.78 is 30.5. The van der Waals surface area contributed by atoms with Crippen LogP contribution in [0.15, 0.2) is 47.4 Å². The zero-order valence-electron chi connectivity index (χ0n) is 23.1.